The van der Waals surface area contributed by atoms with Crippen LogP contribution in [0.25, 0.3) is 22.4 Å². The van der Waals surface area contributed by atoms with Gasteiger partial charge in [0, 0.05) is 22.2 Å². The van der Waals surface area contributed by atoms with Crippen molar-refractivity contribution in [2.75, 3.05) is 0 Å². The van der Waals surface area contributed by atoms with Gasteiger partial charge in [0.2, 0.25) is 5.71 Å². The molecule has 0 N–H and O–H groups in total. The number of halogens is 2. The van der Waals surface area contributed by atoms with Gasteiger partial charge in [0.05, 0.1) is 5.02 Å². The van der Waals surface area contributed by atoms with E-state index >= 15 is 0 Å². The van der Waals surface area contributed by atoms with Crippen molar-refractivity contribution in [3.63, 3.8) is 0 Å². The Hall–Kier alpha value is -1.51. The molecule has 0 aliphatic heterocycles. The van der Waals surface area contributed by atoms with Gasteiger partial charge in [-0.1, -0.05) is 23.2 Å². The molecular formula is C13H7Cl2NO. The maximum absolute atomic E-state index is 6.13. The van der Waals surface area contributed by atoms with Crippen LogP contribution in [0, 0.1) is 0 Å². The van der Waals surface area contributed by atoms with Crippen molar-refractivity contribution < 1.29 is 4.42 Å². The Balaban J connectivity index is 2.20. The Bertz CT molecular complexity index is 658. The number of rotatable bonds is 1. The zero-order valence-electron chi connectivity index (χ0n) is 8.65. The fraction of sp³-hybridized carbons (Fsp3) is 0. The van der Waals surface area contributed by atoms with Gasteiger partial charge in [-0.05, 0) is 36.4 Å². The Morgan fingerprint density at radius 2 is 1.94 bits per heavy atom. The van der Waals surface area contributed by atoms with E-state index in [0.29, 0.717) is 21.5 Å². The number of aromatic nitrogens is 1. The van der Waals surface area contributed by atoms with Crippen LogP contribution in [0.15, 0.2) is 47.0 Å². The Morgan fingerprint density at radius 3 is 2.71 bits per heavy atom. The fourth-order valence-corrected chi connectivity index (χ4v) is 2.20. The van der Waals surface area contributed by atoms with E-state index in [0.717, 1.165) is 10.9 Å². The lowest BCUT2D eigenvalue weighted by atomic mass is 10.1. The lowest BCUT2D eigenvalue weighted by Gasteiger charge is -2.00. The second kappa shape index (κ2) is 4.06. The molecule has 0 amide bonds. The zero-order valence-corrected chi connectivity index (χ0v) is 10.2. The molecule has 0 aliphatic rings. The molecule has 2 aromatic heterocycles. The first-order valence-electron chi connectivity index (χ1n) is 5.04. The first-order valence-corrected chi connectivity index (χ1v) is 5.79. The van der Waals surface area contributed by atoms with Gasteiger partial charge in [-0.2, -0.15) is 0 Å². The second-order valence-corrected chi connectivity index (χ2v) is 4.48. The molecule has 0 spiro atoms. The third-order valence-electron chi connectivity index (χ3n) is 2.49. The molecule has 0 atom stereocenters. The lowest BCUT2D eigenvalue weighted by molar-refractivity contribution is 0.618. The summed E-state index contributed by atoms with van der Waals surface area (Å²) in [4.78, 5) is 4.14. The molecular weight excluding hydrogens is 257 g/mol. The van der Waals surface area contributed by atoms with Gasteiger partial charge in [0.15, 0.2) is 0 Å². The van der Waals surface area contributed by atoms with Gasteiger partial charge in [0.1, 0.15) is 5.76 Å². The highest BCUT2D eigenvalue weighted by Crippen LogP contribution is 2.33. The Morgan fingerprint density at radius 1 is 1.06 bits per heavy atom. The van der Waals surface area contributed by atoms with Crippen LogP contribution in [-0.2, 0) is 0 Å². The molecule has 3 rings (SSSR count). The van der Waals surface area contributed by atoms with E-state index in [1.807, 2.05) is 24.3 Å². The van der Waals surface area contributed by atoms with E-state index in [1.54, 1.807) is 18.3 Å². The lowest BCUT2D eigenvalue weighted by Crippen LogP contribution is -1.75. The normalized spacial score (nSPS) is 10.9. The highest BCUT2D eigenvalue weighted by molar-refractivity contribution is 6.36. The van der Waals surface area contributed by atoms with Crippen LogP contribution in [-0.4, -0.2) is 4.98 Å². The monoisotopic (exact) mass is 263 g/mol. The van der Waals surface area contributed by atoms with Crippen LogP contribution < -0.4 is 0 Å². The van der Waals surface area contributed by atoms with Crippen molar-refractivity contribution in [3.8, 4) is 11.3 Å². The van der Waals surface area contributed by atoms with E-state index in [1.165, 1.54) is 0 Å². The first kappa shape index (κ1) is 10.6. The zero-order chi connectivity index (χ0) is 11.8. The van der Waals surface area contributed by atoms with Gasteiger partial charge in [0.25, 0.3) is 0 Å². The molecule has 0 saturated heterocycles. The SMILES string of the molecule is Clc1ccc(-c2cc3cccnc3o2)c(Cl)c1. The minimum Gasteiger partial charge on any atom is -0.438 e. The van der Waals surface area contributed by atoms with Crippen LogP contribution >= 0.6 is 23.2 Å². The Labute approximate surface area is 108 Å². The molecule has 0 saturated carbocycles. The number of nitrogens with zero attached hydrogens (tertiary/aromatic N) is 1. The highest BCUT2D eigenvalue weighted by atomic mass is 35.5. The average Bonchev–Trinajstić information content (AvgIpc) is 2.72. The van der Waals surface area contributed by atoms with E-state index in [-0.39, 0.29) is 0 Å². The molecule has 4 heteroatoms. The summed E-state index contributed by atoms with van der Waals surface area (Å²) in [6.45, 7) is 0. The smallest absolute Gasteiger partial charge is 0.226 e. The van der Waals surface area contributed by atoms with Crippen molar-refractivity contribution in [1.29, 1.82) is 0 Å². The Kier molecular flexibility index (Phi) is 2.54. The third-order valence-corrected chi connectivity index (χ3v) is 3.04. The van der Waals surface area contributed by atoms with Gasteiger partial charge in [-0.3, -0.25) is 0 Å². The van der Waals surface area contributed by atoms with E-state index < -0.39 is 0 Å². The standard InChI is InChI=1S/C13H7Cl2NO/c14-9-3-4-10(11(15)7-9)12-6-8-2-1-5-16-13(8)17-12/h1-7H. The molecule has 1 aromatic carbocycles. The van der Waals surface area contributed by atoms with Gasteiger partial charge >= 0.3 is 0 Å². The molecule has 2 heterocycles. The topological polar surface area (TPSA) is 26.0 Å². The van der Waals surface area contributed by atoms with Crippen LogP contribution in [0.1, 0.15) is 0 Å². The van der Waals surface area contributed by atoms with E-state index in [2.05, 4.69) is 4.98 Å². The summed E-state index contributed by atoms with van der Waals surface area (Å²) in [6.07, 6.45) is 1.69. The maximum Gasteiger partial charge on any atom is 0.226 e. The van der Waals surface area contributed by atoms with Crippen molar-refractivity contribution in [2.45, 2.75) is 0 Å². The summed E-state index contributed by atoms with van der Waals surface area (Å²) >= 11 is 12.0. The molecule has 2 nitrogen and oxygen atoms in total. The second-order valence-electron chi connectivity index (χ2n) is 3.63. The summed E-state index contributed by atoms with van der Waals surface area (Å²) in [7, 11) is 0. The maximum atomic E-state index is 6.13. The summed E-state index contributed by atoms with van der Waals surface area (Å²) in [5.41, 5.74) is 1.42. The number of hydrogen-bond acceptors (Lipinski definition) is 2. The summed E-state index contributed by atoms with van der Waals surface area (Å²) in [5, 5.41) is 2.12. The van der Waals surface area contributed by atoms with Gasteiger partial charge in [-0.15, -0.1) is 0 Å². The third kappa shape index (κ3) is 1.90. The van der Waals surface area contributed by atoms with Crippen LogP contribution in [0.4, 0.5) is 0 Å². The molecule has 84 valence electrons. The molecule has 0 unspecified atom stereocenters. The summed E-state index contributed by atoms with van der Waals surface area (Å²) < 4.78 is 5.64. The molecule has 0 fully saturated rings. The van der Waals surface area contributed by atoms with Gasteiger partial charge < -0.3 is 4.42 Å². The molecule has 0 aliphatic carbocycles. The number of pyridine rings is 1. The van der Waals surface area contributed by atoms with Crippen LogP contribution in [0.2, 0.25) is 10.0 Å². The molecule has 0 bridgehead atoms. The van der Waals surface area contributed by atoms with Crippen LogP contribution in [0.3, 0.4) is 0 Å². The first-order chi connectivity index (χ1) is 8.24. The molecule has 17 heavy (non-hydrogen) atoms. The highest BCUT2D eigenvalue weighted by Gasteiger charge is 2.10. The number of furan rings is 1. The summed E-state index contributed by atoms with van der Waals surface area (Å²) in [6, 6.07) is 11.0. The quantitative estimate of drug-likeness (QED) is 0.630. The predicted octanol–water partition coefficient (Wildman–Crippen LogP) is 4.80. The minimum absolute atomic E-state index is 0.566. The van der Waals surface area contributed by atoms with Crippen molar-refractivity contribution >= 4 is 34.3 Å². The van der Waals surface area contributed by atoms with E-state index in [4.69, 9.17) is 27.6 Å². The molecule has 3 aromatic rings. The van der Waals surface area contributed by atoms with Gasteiger partial charge in [-0.25, -0.2) is 4.98 Å². The molecule has 0 radical (unpaired) electrons. The van der Waals surface area contributed by atoms with Crippen LogP contribution in [0.5, 0.6) is 0 Å². The average molecular weight is 264 g/mol. The number of benzene rings is 1. The van der Waals surface area contributed by atoms with E-state index in [9.17, 15) is 0 Å². The fourth-order valence-electron chi connectivity index (χ4n) is 1.70. The number of fused-ring (bicyclic) bond motifs is 1. The van der Waals surface area contributed by atoms with Crippen molar-refractivity contribution in [1.82, 2.24) is 4.98 Å². The van der Waals surface area contributed by atoms with Crippen molar-refractivity contribution in [3.05, 3.63) is 52.6 Å². The largest absolute Gasteiger partial charge is 0.438 e. The van der Waals surface area contributed by atoms with Crippen molar-refractivity contribution in [2.24, 2.45) is 0 Å². The minimum atomic E-state index is 0.566. The summed E-state index contributed by atoms with van der Waals surface area (Å²) in [5.74, 6) is 0.695. The number of hydrogen-bond donors (Lipinski definition) is 0. The predicted molar refractivity (Wildman–Crippen MR) is 69.5 cm³/mol.